The van der Waals surface area contributed by atoms with E-state index in [1.807, 2.05) is 31.3 Å². The van der Waals surface area contributed by atoms with Crippen LogP contribution in [0.25, 0.3) is 0 Å². The lowest BCUT2D eigenvalue weighted by Gasteiger charge is -2.22. The van der Waals surface area contributed by atoms with E-state index >= 15 is 0 Å². The maximum atomic E-state index is 5.66. The van der Waals surface area contributed by atoms with Crippen LogP contribution in [0.3, 0.4) is 0 Å². The highest BCUT2D eigenvalue weighted by Crippen LogP contribution is 2.33. The minimum Gasteiger partial charge on any atom is -0.486 e. The number of fused-ring (bicyclic) bond motifs is 1. The van der Waals surface area contributed by atoms with Crippen LogP contribution in [0.1, 0.15) is 29.9 Å². The molecule has 0 bridgehead atoms. The molecule has 21 heavy (non-hydrogen) atoms. The van der Waals surface area contributed by atoms with Crippen molar-refractivity contribution >= 4 is 0 Å². The highest BCUT2D eigenvalue weighted by Gasteiger charge is 2.19. The number of rotatable bonds is 4. The normalized spacial score (nSPS) is 14.8. The first-order chi connectivity index (χ1) is 10.3. The van der Waals surface area contributed by atoms with Gasteiger partial charge in [0.15, 0.2) is 11.5 Å². The molecule has 0 saturated carbocycles. The van der Waals surface area contributed by atoms with Crippen LogP contribution in [-0.2, 0) is 0 Å². The Bertz CT molecular complexity index is 613. The molecule has 5 nitrogen and oxygen atoms in total. The third-order valence-electron chi connectivity index (χ3n) is 3.40. The molecule has 2 heterocycles. The van der Waals surface area contributed by atoms with Gasteiger partial charge in [0.05, 0.1) is 23.6 Å². The summed E-state index contributed by atoms with van der Waals surface area (Å²) in [5, 5.41) is 3.44. The Morgan fingerprint density at radius 2 is 1.95 bits per heavy atom. The highest BCUT2D eigenvalue weighted by molar-refractivity contribution is 5.45. The first kappa shape index (κ1) is 13.8. The zero-order valence-electron chi connectivity index (χ0n) is 12.3. The zero-order chi connectivity index (χ0) is 14.7. The van der Waals surface area contributed by atoms with Gasteiger partial charge in [0.25, 0.3) is 0 Å². The number of nitrogens with zero attached hydrogens (tertiary/aromatic N) is 2. The van der Waals surface area contributed by atoms with Gasteiger partial charge in [-0.2, -0.15) is 0 Å². The molecule has 5 heteroatoms. The molecule has 0 fully saturated rings. The Morgan fingerprint density at radius 3 is 2.67 bits per heavy atom. The predicted molar refractivity (Wildman–Crippen MR) is 79.7 cm³/mol. The van der Waals surface area contributed by atoms with Crippen molar-refractivity contribution in [2.75, 3.05) is 19.8 Å². The minimum atomic E-state index is -0.000994. The van der Waals surface area contributed by atoms with Crippen molar-refractivity contribution < 1.29 is 9.47 Å². The van der Waals surface area contributed by atoms with E-state index in [1.165, 1.54) is 0 Å². The summed E-state index contributed by atoms with van der Waals surface area (Å²) in [5.74, 6) is 1.59. The fourth-order valence-electron chi connectivity index (χ4n) is 2.39. The summed E-state index contributed by atoms with van der Waals surface area (Å²) in [6.45, 7) is 6.05. The number of benzene rings is 1. The van der Waals surface area contributed by atoms with Gasteiger partial charge in [-0.1, -0.05) is 13.0 Å². The second-order valence-corrected chi connectivity index (χ2v) is 4.98. The summed E-state index contributed by atoms with van der Waals surface area (Å²) >= 11 is 0. The van der Waals surface area contributed by atoms with Crippen LogP contribution in [0.5, 0.6) is 11.5 Å². The molecule has 0 radical (unpaired) electrons. The molecule has 1 aliphatic rings. The number of nitrogens with one attached hydrogen (secondary N) is 1. The number of aromatic nitrogens is 2. The van der Waals surface area contributed by atoms with E-state index in [1.54, 1.807) is 6.20 Å². The quantitative estimate of drug-likeness (QED) is 0.933. The van der Waals surface area contributed by atoms with E-state index in [0.717, 1.165) is 35.0 Å². The second kappa shape index (κ2) is 6.10. The van der Waals surface area contributed by atoms with Crippen molar-refractivity contribution in [3.8, 4) is 11.5 Å². The molecule has 1 aromatic carbocycles. The van der Waals surface area contributed by atoms with Crippen LogP contribution in [0, 0.1) is 6.92 Å². The topological polar surface area (TPSA) is 56.3 Å². The maximum absolute atomic E-state index is 5.66. The Kier molecular flexibility index (Phi) is 4.01. The maximum Gasteiger partial charge on any atom is 0.161 e. The Hall–Kier alpha value is -2.14. The van der Waals surface area contributed by atoms with Crippen LogP contribution >= 0.6 is 0 Å². The number of aryl methyl sites for hydroxylation is 1. The standard InChI is InChI=1S/C16H19N3O2/c1-3-17-16(13-10-18-11(2)9-19-13)12-4-5-14-15(8-12)21-7-6-20-14/h4-5,8-10,16-17H,3,6-7H2,1-2H3. The molecule has 2 aromatic rings. The summed E-state index contributed by atoms with van der Waals surface area (Å²) < 4.78 is 11.2. The summed E-state index contributed by atoms with van der Waals surface area (Å²) in [4.78, 5) is 8.83. The lowest BCUT2D eigenvalue weighted by atomic mass is 10.0. The zero-order valence-corrected chi connectivity index (χ0v) is 12.3. The number of ether oxygens (including phenoxy) is 2. The van der Waals surface area contributed by atoms with Crippen LogP contribution in [0.2, 0.25) is 0 Å². The molecular formula is C16H19N3O2. The van der Waals surface area contributed by atoms with Gasteiger partial charge in [0.2, 0.25) is 0 Å². The van der Waals surface area contributed by atoms with Gasteiger partial charge in [-0.3, -0.25) is 9.97 Å². The largest absolute Gasteiger partial charge is 0.486 e. The van der Waals surface area contributed by atoms with Gasteiger partial charge < -0.3 is 14.8 Å². The number of hydrogen-bond donors (Lipinski definition) is 1. The molecule has 0 saturated heterocycles. The smallest absolute Gasteiger partial charge is 0.161 e. The molecule has 1 unspecified atom stereocenters. The van der Waals surface area contributed by atoms with Gasteiger partial charge in [0, 0.05) is 6.20 Å². The molecular weight excluding hydrogens is 266 g/mol. The Labute approximate surface area is 124 Å². The Balaban J connectivity index is 1.95. The van der Waals surface area contributed by atoms with Gasteiger partial charge in [0.1, 0.15) is 13.2 Å². The van der Waals surface area contributed by atoms with E-state index in [4.69, 9.17) is 9.47 Å². The van der Waals surface area contributed by atoms with E-state index in [2.05, 4.69) is 22.2 Å². The molecule has 110 valence electrons. The molecule has 1 atom stereocenters. The Morgan fingerprint density at radius 1 is 1.14 bits per heavy atom. The van der Waals surface area contributed by atoms with E-state index < -0.39 is 0 Å². The lowest BCUT2D eigenvalue weighted by Crippen LogP contribution is -2.23. The van der Waals surface area contributed by atoms with Crippen LogP contribution in [0.15, 0.2) is 30.6 Å². The molecule has 1 aromatic heterocycles. The van der Waals surface area contributed by atoms with Crippen molar-refractivity contribution in [3.63, 3.8) is 0 Å². The fourth-order valence-corrected chi connectivity index (χ4v) is 2.39. The summed E-state index contributed by atoms with van der Waals surface area (Å²) in [6, 6.07) is 6.01. The highest BCUT2D eigenvalue weighted by atomic mass is 16.6. The van der Waals surface area contributed by atoms with Crippen LogP contribution < -0.4 is 14.8 Å². The van der Waals surface area contributed by atoms with Crippen molar-refractivity contribution in [2.45, 2.75) is 19.9 Å². The van der Waals surface area contributed by atoms with Crippen molar-refractivity contribution in [1.82, 2.24) is 15.3 Å². The van der Waals surface area contributed by atoms with Crippen LogP contribution in [-0.4, -0.2) is 29.7 Å². The van der Waals surface area contributed by atoms with Gasteiger partial charge in [-0.25, -0.2) is 0 Å². The van der Waals surface area contributed by atoms with E-state index in [0.29, 0.717) is 13.2 Å². The molecule has 1 N–H and O–H groups in total. The average molecular weight is 285 g/mol. The second-order valence-electron chi connectivity index (χ2n) is 4.98. The van der Waals surface area contributed by atoms with Gasteiger partial charge in [-0.15, -0.1) is 0 Å². The summed E-state index contributed by atoms with van der Waals surface area (Å²) in [6.07, 6.45) is 3.61. The van der Waals surface area contributed by atoms with E-state index in [9.17, 15) is 0 Å². The predicted octanol–water partition coefficient (Wildman–Crippen LogP) is 2.26. The summed E-state index contributed by atoms with van der Waals surface area (Å²) in [5.41, 5.74) is 2.91. The third kappa shape index (κ3) is 2.97. The van der Waals surface area contributed by atoms with Crippen LogP contribution in [0.4, 0.5) is 0 Å². The SMILES string of the molecule is CCNC(c1ccc2c(c1)OCCO2)c1cnc(C)cn1. The molecule has 0 amide bonds. The monoisotopic (exact) mass is 285 g/mol. The molecule has 3 rings (SSSR count). The average Bonchev–Trinajstić information content (AvgIpc) is 2.53. The van der Waals surface area contributed by atoms with E-state index in [-0.39, 0.29) is 6.04 Å². The summed E-state index contributed by atoms with van der Waals surface area (Å²) in [7, 11) is 0. The lowest BCUT2D eigenvalue weighted by molar-refractivity contribution is 0.171. The van der Waals surface area contributed by atoms with Crippen molar-refractivity contribution in [2.24, 2.45) is 0 Å². The molecule has 1 aliphatic heterocycles. The molecule has 0 aliphatic carbocycles. The van der Waals surface area contributed by atoms with Crippen molar-refractivity contribution in [3.05, 3.63) is 47.5 Å². The third-order valence-corrected chi connectivity index (χ3v) is 3.40. The minimum absolute atomic E-state index is 0.000994. The first-order valence-corrected chi connectivity index (χ1v) is 7.19. The van der Waals surface area contributed by atoms with Gasteiger partial charge in [-0.05, 0) is 31.2 Å². The first-order valence-electron chi connectivity index (χ1n) is 7.19. The number of hydrogen-bond acceptors (Lipinski definition) is 5. The molecule has 0 spiro atoms. The van der Waals surface area contributed by atoms with Gasteiger partial charge >= 0.3 is 0 Å². The van der Waals surface area contributed by atoms with Crippen molar-refractivity contribution in [1.29, 1.82) is 0 Å². The fraction of sp³-hybridized carbons (Fsp3) is 0.375.